The molecule has 0 unspecified atom stereocenters. The van der Waals surface area contributed by atoms with Gasteiger partial charge in [0.05, 0.1) is 12.2 Å². The number of carbonyl (C=O) groups excluding carboxylic acids is 1. The van der Waals surface area contributed by atoms with Crippen LogP contribution < -0.4 is 5.32 Å². The Balaban J connectivity index is 1.44. The number of nitrogens with one attached hydrogen (secondary N) is 1. The predicted molar refractivity (Wildman–Crippen MR) is 108 cm³/mol. The molecule has 1 aliphatic rings. The number of piperidine rings is 1. The van der Waals surface area contributed by atoms with Crippen molar-refractivity contribution in [3.05, 3.63) is 59.8 Å². The fourth-order valence-electron chi connectivity index (χ4n) is 3.53. The summed E-state index contributed by atoms with van der Waals surface area (Å²) in [6.07, 6.45) is 6.17. The van der Waals surface area contributed by atoms with E-state index in [0.717, 1.165) is 38.2 Å². The number of likely N-dealkylation sites (tertiary alicyclic amines) is 1. The van der Waals surface area contributed by atoms with Crippen LogP contribution in [0.5, 0.6) is 0 Å². The van der Waals surface area contributed by atoms with Crippen molar-refractivity contribution in [3.8, 4) is 0 Å². The Kier molecular flexibility index (Phi) is 7.22. The Morgan fingerprint density at radius 2 is 1.96 bits per heavy atom. The number of rotatable bonds is 8. The molecular weight excluding hydrogens is 338 g/mol. The van der Waals surface area contributed by atoms with Gasteiger partial charge < -0.3 is 15.0 Å². The van der Waals surface area contributed by atoms with Crippen LogP contribution in [0.25, 0.3) is 0 Å². The number of hydrogen-bond acceptors (Lipinski definition) is 4. The zero-order valence-corrected chi connectivity index (χ0v) is 16.1. The van der Waals surface area contributed by atoms with E-state index in [-0.39, 0.29) is 5.91 Å². The lowest BCUT2D eigenvalue weighted by Gasteiger charge is -2.32. The molecule has 3 rings (SSSR count). The second-order valence-corrected chi connectivity index (χ2v) is 7.11. The quantitative estimate of drug-likeness (QED) is 0.724. The summed E-state index contributed by atoms with van der Waals surface area (Å²) in [5.41, 5.74) is 2.07. The van der Waals surface area contributed by atoms with E-state index in [2.05, 4.69) is 40.6 Å². The van der Waals surface area contributed by atoms with E-state index in [1.165, 1.54) is 12.0 Å². The van der Waals surface area contributed by atoms with E-state index in [0.29, 0.717) is 24.6 Å². The minimum absolute atomic E-state index is 0.0902. The molecule has 1 amide bonds. The zero-order valence-electron chi connectivity index (χ0n) is 16.1. The smallest absolute Gasteiger partial charge is 0.255 e. The summed E-state index contributed by atoms with van der Waals surface area (Å²) >= 11 is 0. The van der Waals surface area contributed by atoms with Crippen LogP contribution in [0.3, 0.4) is 0 Å². The minimum atomic E-state index is 0.0902. The molecule has 0 radical (unpaired) electrons. The third kappa shape index (κ3) is 5.79. The van der Waals surface area contributed by atoms with Crippen molar-refractivity contribution in [2.75, 3.05) is 38.7 Å². The maximum absolute atomic E-state index is 12.7. The fraction of sp³-hybridized carbons (Fsp3) is 0.455. The number of ether oxygens (including phenoxy) is 1. The van der Waals surface area contributed by atoms with Crippen LogP contribution in [0.15, 0.2) is 48.7 Å². The third-order valence-electron chi connectivity index (χ3n) is 5.21. The molecule has 5 nitrogen and oxygen atoms in total. The number of pyridine rings is 1. The van der Waals surface area contributed by atoms with Gasteiger partial charge in [0, 0.05) is 32.9 Å². The molecule has 1 aromatic carbocycles. The van der Waals surface area contributed by atoms with E-state index in [9.17, 15) is 4.79 Å². The van der Waals surface area contributed by atoms with Gasteiger partial charge in [-0.15, -0.1) is 0 Å². The number of amides is 1. The summed E-state index contributed by atoms with van der Waals surface area (Å²) in [5.74, 6) is 1.57. The molecule has 1 aliphatic heterocycles. The molecule has 0 spiro atoms. The standard InChI is InChI=1S/C22H29N3O2/c1-27-16-13-23-21-10-9-20(17-24-21)22(26)25-14-11-19(12-15-25)8-7-18-5-3-2-4-6-18/h2-6,9-10,17,19H,7-8,11-16H2,1H3,(H,23,24). The highest BCUT2D eigenvalue weighted by Gasteiger charge is 2.23. The number of carbonyl (C=O) groups is 1. The highest BCUT2D eigenvalue weighted by atomic mass is 16.5. The van der Waals surface area contributed by atoms with Crippen molar-refractivity contribution in [3.63, 3.8) is 0 Å². The van der Waals surface area contributed by atoms with Gasteiger partial charge in [0.2, 0.25) is 0 Å². The molecule has 0 atom stereocenters. The average molecular weight is 367 g/mol. The molecule has 2 heterocycles. The SMILES string of the molecule is COCCNc1ccc(C(=O)N2CCC(CCc3ccccc3)CC2)cn1. The molecule has 0 saturated carbocycles. The van der Waals surface area contributed by atoms with Crippen molar-refractivity contribution >= 4 is 11.7 Å². The molecule has 2 aromatic rings. The summed E-state index contributed by atoms with van der Waals surface area (Å²) in [4.78, 5) is 19.0. The zero-order chi connectivity index (χ0) is 18.9. The molecule has 0 bridgehead atoms. The Labute approximate surface area is 161 Å². The topological polar surface area (TPSA) is 54.5 Å². The number of nitrogens with zero attached hydrogens (tertiary/aromatic N) is 2. The normalized spacial score (nSPS) is 14.9. The van der Waals surface area contributed by atoms with Gasteiger partial charge in [-0.05, 0) is 49.3 Å². The van der Waals surface area contributed by atoms with Gasteiger partial charge in [-0.25, -0.2) is 4.98 Å². The number of benzene rings is 1. The van der Waals surface area contributed by atoms with Crippen molar-refractivity contribution in [1.82, 2.24) is 9.88 Å². The lowest BCUT2D eigenvalue weighted by atomic mass is 9.90. The van der Waals surface area contributed by atoms with Crippen LogP contribution in [-0.4, -0.2) is 49.1 Å². The van der Waals surface area contributed by atoms with Crippen LogP contribution in [-0.2, 0) is 11.2 Å². The molecule has 1 N–H and O–H groups in total. The van der Waals surface area contributed by atoms with Crippen LogP contribution in [0.1, 0.15) is 35.2 Å². The van der Waals surface area contributed by atoms with Crippen molar-refractivity contribution < 1.29 is 9.53 Å². The van der Waals surface area contributed by atoms with E-state index in [1.54, 1.807) is 13.3 Å². The molecule has 0 aliphatic carbocycles. The van der Waals surface area contributed by atoms with Crippen molar-refractivity contribution in [2.45, 2.75) is 25.7 Å². The number of aryl methyl sites for hydroxylation is 1. The monoisotopic (exact) mass is 367 g/mol. The lowest BCUT2D eigenvalue weighted by Crippen LogP contribution is -2.38. The number of aromatic nitrogens is 1. The van der Waals surface area contributed by atoms with Gasteiger partial charge in [0.25, 0.3) is 5.91 Å². The van der Waals surface area contributed by atoms with E-state index in [4.69, 9.17) is 4.74 Å². The lowest BCUT2D eigenvalue weighted by molar-refractivity contribution is 0.0686. The maximum atomic E-state index is 12.7. The summed E-state index contributed by atoms with van der Waals surface area (Å²) < 4.78 is 5.00. The Bertz CT molecular complexity index is 695. The number of methoxy groups -OCH3 is 1. The third-order valence-corrected chi connectivity index (χ3v) is 5.21. The Morgan fingerprint density at radius 3 is 2.63 bits per heavy atom. The van der Waals surface area contributed by atoms with Crippen LogP contribution in [0.4, 0.5) is 5.82 Å². The van der Waals surface area contributed by atoms with Gasteiger partial charge in [-0.3, -0.25) is 4.79 Å². The van der Waals surface area contributed by atoms with Crippen molar-refractivity contribution in [1.29, 1.82) is 0 Å². The highest BCUT2D eigenvalue weighted by molar-refractivity contribution is 5.94. The molecule has 1 aromatic heterocycles. The molecular formula is C22H29N3O2. The first-order chi connectivity index (χ1) is 13.3. The molecule has 1 fully saturated rings. The van der Waals surface area contributed by atoms with E-state index in [1.807, 2.05) is 17.0 Å². The van der Waals surface area contributed by atoms with Gasteiger partial charge >= 0.3 is 0 Å². The minimum Gasteiger partial charge on any atom is -0.383 e. The van der Waals surface area contributed by atoms with Gasteiger partial charge in [0.1, 0.15) is 5.82 Å². The average Bonchev–Trinajstić information content (AvgIpc) is 2.74. The fourth-order valence-corrected chi connectivity index (χ4v) is 3.53. The second-order valence-electron chi connectivity index (χ2n) is 7.11. The number of hydrogen-bond donors (Lipinski definition) is 1. The largest absolute Gasteiger partial charge is 0.383 e. The van der Waals surface area contributed by atoms with E-state index < -0.39 is 0 Å². The molecule has 144 valence electrons. The van der Waals surface area contributed by atoms with Crippen LogP contribution in [0.2, 0.25) is 0 Å². The Morgan fingerprint density at radius 1 is 1.19 bits per heavy atom. The second kappa shape index (κ2) is 10.1. The highest BCUT2D eigenvalue weighted by Crippen LogP contribution is 2.23. The Hall–Kier alpha value is -2.40. The molecule has 27 heavy (non-hydrogen) atoms. The van der Waals surface area contributed by atoms with Crippen molar-refractivity contribution in [2.24, 2.45) is 5.92 Å². The summed E-state index contributed by atoms with van der Waals surface area (Å²) in [5, 5.41) is 3.16. The first kappa shape index (κ1) is 19.4. The summed E-state index contributed by atoms with van der Waals surface area (Å²) in [7, 11) is 1.67. The van der Waals surface area contributed by atoms with Crippen LogP contribution in [0, 0.1) is 5.92 Å². The predicted octanol–water partition coefficient (Wildman–Crippen LogP) is 3.62. The molecule has 5 heteroatoms. The van der Waals surface area contributed by atoms with E-state index >= 15 is 0 Å². The van der Waals surface area contributed by atoms with Gasteiger partial charge in [-0.1, -0.05) is 30.3 Å². The number of anilines is 1. The molecule has 1 saturated heterocycles. The first-order valence-corrected chi connectivity index (χ1v) is 9.78. The summed E-state index contributed by atoms with van der Waals surface area (Å²) in [6, 6.07) is 14.4. The van der Waals surface area contributed by atoms with Gasteiger partial charge in [0.15, 0.2) is 0 Å². The van der Waals surface area contributed by atoms with Crippen LogP contribution >= 0.6 is 0 Å². The van der Waals surface area contributed by atoms with Gasteiger partial charge in [-0.2, -0.15) is 0 Å². The first-order valence-electron chi connectivity index (χ1n) is 9.78. The maximum Gasteiger partial charge on any atom is 0.255 e. The summed E-state index contributed by atoms with van der Waals surface area (Å²) in [6.45, 7) is 3.01.